The van der Waals surface area contributed by atoms with Crippen LogP contribution < -0.4 is 14.4 Å². The number of hydrogen-bond donors (Lipinski definition) is 0. The molecule has 4 rings (SSSR count). The van der Waals surface area contributed by atoms with E-state index in [0.717, 1.165) is 12.8 Å². The van der Waals surface area contributed by atoms with Crippen molar-refractivity contribution in [2.75, 3.05) is 44.5 Å². The average molecular weight is 526 g/mol. The van der Waals surface area contributed by atoms with Crippen LogP contribution in [0.25, 0.3) is 0 Å². The molecule has 0 radical (unpaired) electrons. The molecule has 2 aliphatic heterocycles. The first-order valence-electron chi connectivity index (χ1n) is 13.5. The molecule has 2 aliphatic rings. The maximum absolute atomic E-state index is 13.4. The topological polar surface area (TPSA) is 83.5 Å². The van der Waals surface area contributed by atoms with Crippen LogP contribution in [0.4, 0.5) is 11.4 Å². The van der Waals surface area contributed by atoms with Crippen LogP contribution in [0, 0.1) is 11.8 Å². The highest BCUT2D eigenvalue weighted by molar-refractivity contribution is 6.54. The van der Waals surface area contributed by atoms with Gasteiger partial charge in [-0.3, -0.25) is 14.5 Å². The summed E-state index contributed by atoms with van der Waals surface area (Å²) < 4.78 is 30.3. The van der Waals surface area contributed by atoms with Gasteiger partial charge < -0.3 is 23.7 Å². The largest absolute Gasteiger partial charge is 0.486 e. The summed E-state index contributed by atoms with van der Waals surface area (Å²) in [6, 6.07) is 12.5. The van der Waals surface area contributed by atoms with Crippen molar-refractivity contribution in [3.8, 4) is 11.5 Å². The molecule has 0 aromatic heterocycles. The van der Waals surface area contributed by atoms with Gasteiger partial charge in [-0.1, -0.05) is 45.9 Å². The third kappa shape index (κ3) is 6.92. The Kier molecular flexibility index (Phi) is 9.77. The lowest BCUT2D eigenvalue weighted by Crippen LogP contribution is -2.30. The minimum Gasteiger partial charge on any atom is -0.486 e. The molecule has 8 heteroatoms. The fourth-order valence-corrected chi connectivity index (χ4v) is 4.80. The van der Waals surface area contributed by atoms with Crippen LogP contribution in [0.5, 0.6) is 11.5 Å². The number of carbonyl (C=O) groups is 2. The van der Waals surface area contributed by atoms with Crippen LogP contribution in [0.2, 0.25) is 0 Å². The minimum atomic E-state index is -0.632. The average Bonchev–Trinajstić information content (AvgIpc) is 3.12. The molecule has 1 amide bonds. The second-order valence-electron chi connectivity index (χ2n) is 10.6. The van der Waals surface area contributed by atoms with Crippen molar-refractivity contribution >= 4 is 23.1 Å². The van der Waals surface area contributed by atoms with E-state index in [1.807, 2.05) is 18.2 Å². The maximum Gasteiger partial charge on any atom is 0.304 e. The van der Waals surface area contributed by atoms with Crippen LogP contribution in [0.1, 0.15) is 50.9 Å². The molecule has 0 saturated carbocycles. The molecule has 0 bridgehead atoms. The van der Waals surface area contributed by atoms with Gasteiger partial charge in [0.15, 0.2) is 0 Å². The monoisotopic (exact) mass is 525 g/mol. The molecule has 0 spiro atoms. The van der Waals surface area contributed by atoms with Gasteiger partial charge in [-0.25, -0.2) is 0 Å². The summed E-state index contributed by atoms with van der Waals surface area (Å²) in [5.74, 6) is 0.498. The molecular weight excluding hydrogens is 486 g/mol. The zero-order valence-corrected chi connectivity index (χ0v) is 22.8. The fraction of sp³-hybridized carbons (Fsp3) is 0.533. The number of benzene rings is 2. The molecule has 38 heavy (non-hydrogen) atoms. The van der Waals surface area contributed by atoms with Crippen molar-refractivity contribution in [3.63, 3.8) is 0 Å². The van der Waals surface area contributed by atoms with E-state index < -0.39 is 11.7 Å². The van der Waals surface area contributed by atoms with Crippen molar-refractivity contribution in [1.82, 2.24) is 0 Å². The highest BCUT2D eigenvalue weighted by atomic mass is 16.6. The van der Waals surface area contributed by atoms with Crippen molar-refractivity contribution in [2.45, 2.75) is 52.7 Å². The van der Waals surface area contributed by atoms with Crippen LogP contribution in [0.15, 0.2) is 42.5 Å². The quantitative estimate of drug-likeness (QED) is 0.508. The van der Waals surface area contributed by atoms with E-state index in [1.54, 1.807) is 24.3 Å². The summed E-state index contributed by atoms with van der Waals surface area (Å²) in [5, 5.41) is 0. The van der Waals surface area contributed by atoms with E-state index in [2.05, 4.69) is 27.7 Å². The summed E-state index contributed by atoms with van der Waals surface area (Å²) in [6.07, 6.45) is 1.00. The first kappa shape index (κ1) is 28.1. The Hall–Kier alpha value is -2.94. The molecule has 0 saturated heterocycles. The summed E-state index contributed by atoms with van der Waals surface area (Å²) in [6.45, 7) is 11.0. The first-order chi connectivity index (χ1) is 18.3. The van der Waals surface area contributed by atoms with Crippen LogP contribution >= 0.6 is 0 Å². The standard InChI is InChI=1S/C30H39NO7/c1-20(2)16-22-18-35-14-12-34-13-15-36-19-23(17-21(3)4)38-27-11-7-8-24-28(27)31(30(33)29(24)32)25-9-5-6-10-26(25)37-22/h5-11,20-23H,12-19H2,1-4H3/t22-,23-/m1/s1. The number of para-hydroxylation sites is 3. The third-order valence-electron chi connectivity index (χ3n) is 6.38. The molecule has 2 aromatic carbocycles. The minimum absolute atomic E-state index is 0.242. The Morgan fingerprint density at radius 1 is 0.737 bits per heavy atom. The molecular formula is C30H39NO7. The van der Waals surface area contributed by atoms with Crippen LogP contribution in [-0.2, 0) is 19.0 Å². The molecule has 0 fully saturated rings. The molecule has 8 nitrogen and oxygen atoms in total. The highest BCUT2D eigenvalue weighted by Gasteiger charge is 2.41. The van der Waals surface area contributed by atoms with Crippen molar-refractivity contribution in [2.24, 2.45) is 11.8 Å². The van der Waals surface area contributed by atoms with E-state index >= 15 is 0 Å². The number of ketones is 1. The SMILES string of the molecule is CC(C)C[C@@H]1COCCOCCOC[C@@H](CC(C)C)Oc2cccc3c2N(C(=O)C3=O)c2ccccc2O1. The Bertz CT molecular complexity index is 1100. The third-order valence-corrected chi connectivity index (χ3v) is 6.38. The van der Waals surface area contributed by atoms with Gasteiger partial charge in [0.25, 0.3) is 5.78 Å². The second-order valence-corrected chi connectivity index (χ2v) is 10.6. The molecule has 0 aliphatic carbocycles. The fourth-order valence-electron chi connectivity index (χ4n) is 4.80. The van der Waals surface area contributed by atoms with Gasteiger partial charge in [-0.15, -0.1) is 0 Å². The Labute approximate surface area is 225 Å². The lowest BCUT2D eigenvalue weighted by molar-refractivity contribution is -0.113. The number of Topliss-reactive ketones (excluding diaryl/α,β-unsaturated/α-hetero) is 1. The first-order valence-corrected chi connectivity index (χ1v) is 13.5. The lowest BCUT2D eigenvalue weighted by Gasteiger charge is -2.27. The second kappa shape index (κ2) is 13.2. The molecule has 0 N–H and O–H groups in total. The zero-order chi connectivity index (χ0) is 27.1. The summed E-state index contributed by atoms with van der Waals surface area (Å²) >= 11 is 0. The van der Waals surface area contributed by atoms with E-state index in [4.69, 9.17) is 23.7 Å². The van der Waals surface area contributed by atoms with E-state index in [9.17, 15) is 9.59 Å². The highest BCUT2D eigenvalue weighted by Crippen LogP contribution is 2.46. The number of nitrogens with zero attached hydrogens (tertiary/aromatic N) is 1. The van der Waals surface area contributed by atoms with Gasteiger partial charge in [-0.2, -0.15) is 0 Å². The maximum atomic E-state index is 13.4. The number of amides is 1. The van der Waals surface area contributed by atoms with Gasteiger partial charge in [0.05, 0.1) is 50.9 Å². The van der Waals surface area contributed by atoms with Crippen LogP contribution in [0.3, 0.4) is 0 Å². The Balaban J connectivity index is 1.75. The lowest BCUT2D eigenvalue weighted by atomic mass is 10.1. The smallest absolute Gasteiger partial charge is 0.304 e. The zero-order valence-electron chi connectivity index (χ0n) is 22.8. The summed E-state index contributed by atoms with van der Waals surface area (Å²) in [5.41, 5.74) is 1.25. The number of anilines is 2. The predicted molar refractivity (Wildman–Crippen MR) is 145 cm³/mol. The molecule has 2 aromatic rings. The number of fused-ring (bicyclic) bond motifs is 2. The molecule has 2 heterocycles. The van der Waals surface area contributed by atoms with Crippen molar-refractivity contribution in [3.05, 3.63) is 48.0 Å². The van der Waals surface area contributed by atoms with Gasteiger partial charge in [0, 0.05) is 0 Å². The number of rotatable bonds is 4. The Morgan fingerprint density at radius 3 is 1.92 bits per heavy atom. The molecule has 2 atom stereocenters. The predicted octanol–water partition coefficient (Wildman–Crippen LogP) is 5.20. The van der Waals surface area contributed by atoms with Crippen molar-refractivity contribution < 1.29 is 33.3 Å². The summed E-state index contributed by atoms with van der Waals surface area (Å²) in [4.78, 5) is 27.9. The molecule has 206 valence electrons. The van der Waals surface area contributed by atoms with Crippen molar-refractivity contribution in [1.29, 1.82) is 0 Å². The van der Waals surface area contributed by atoms with Crippen LogP contribution in [-0.4, -0.2) is 63.5 Å². The van der Waals surface area contributed by atoms with Gasteiger partial charge in [-0.05, 0) is 48.9 Å². The Morgan fingerprint density at radius 2 is 1.29 bits per heavy atom. The van der Waals surface area contributed by atoms with E-state index in [-0.39, 0.29) is 12.2 Å². The number of hydrogen-bond acceptors (Lipinski definition) is 7. The molecule has 0 unspecified atom stereocenters. The summed E-state index contributed by atoms with van der Waals surface area (Å²) in [7, 11) is 0. The van der Waals surface area contributed by atoms with E-state index in [1.165, 1.54) is 4.90 Å². The number of ether oxygens (including phenoxy) is 5. The van der Waals surface area contributed by atoms with Gasteiger partial charge >= 0.3 is 5.91 Å². The van der Waals surface area contributed by atoms with Gasteiger partial charge in [0.2, 0.25) is 0 Å². The normalized spacial score (nSPS) is 21.4. The van der Waals surface area contributed by atoms with Gasteiger partial charge in [0.1, 0.15) is 29.4 Å². The van der Waals surface area contributed by atoms with E-state index in [0.29, 0.717) is 79.9 Å². The number of carbonyl (C=O) groups excluding carboxylic acids is 2.